The Balaban J connectivity index is 1.43. The van der Waals surface area contributed by atoms with Crippen LogP contribution in [0.4, 0.5) is 0 Å². The van der Waals surface area contributed by atoms with Crippen LogP contribution in [0.1, 0.15) is 48.0 Å². The zero-order valence-electron chi connectivity index (χ0n) is 18.7. The highest BCUT2D eigenvalue weighted by Crippen LogP contribution is 2.25. The van der Waals surface area contributed by atoms with E-state index in [0.717, 1.165) is 43.2 Å². The molecule has 1 aromatic heterocycles. The Morgan fingerprint density at radius 1 is 0.939 bits per heavy atom. The second kappa shape index (κ2) is 10.3. The second-order valence-electron chi connectivity index (χ2n) is 8.49. The van der Waals surface area contributed by atoms with Crippen molar-refractivity contribution in [1.29, 1.82) is 0 Å². The number of aromatic nitrogens is 1. The van der Waals surface area contributed by atoms with E-state index in [1.165, 1.54) is 0 Å². The van der Waals surface area contributed by atoms with Gasteiger partial charge in [0.05, 0.1) is 23.3 Å². The molecular formula is C26H28N4O3. The quantitative estimate of drug-likeness (QED) is 0.523. The van der Waals surface area contributed by atoms with E-state index in [-0.39, 0.29) is 18.4 Å². The van der Waals surface area contributed by atoms with Gasteiger partial charge in [-0.1, -0.05) is 67.3 Å². The number of pyridine rings is 1. The summed E-state index contributed by atoms with van der Waals surface area (Å²) >= 11 is 0. The predicted octanol–water partition coefficient (Wildman–Crippen LogP) is 3.67. The summed E-state index contributed by atoms with van der Waals surface area (Å²) in [7, 11) is 0. The van der Waals surface area contributed by atoms with Gasteiger partial charge in [0.15, 0.2) is 0 Å². The summed E-state index contributed by atoms with van der Waals surface area (Å²) in [5.41, 5.74) is 8.66. The highest BCUT2D eigenvalue weighted by atomic mass is 16.2. The van der Waals surface area contributed by atoms with E-state index in [0.29, 0.717) is 22.2 Å². The van der Waals surface area contributed by atoms with Crippen molar-refractivity contribution >= 4 is 28.6 Å². The number of nitrogens with zero attached hydrogens (tertiary/aromatic N) is 1. The van der Waals surface area contributed by atoms with Crippen molar-refractivity contribution in [1.82, 2.24) is 21.2 Å². The van der Waals surface area contributed by atoms with Gasteiger partial charge in [-0.3, -0.25) is 25.2 Å². The van der Waals surface area contributed by atoms with Crippen LogP contribution in [-0.2, 0) is 9.59 Å². The maximum atomic E-state index is 12.9. The van der Waals surface area contributed by atoms with Crippen LogP contribution >= 0.6 is 0 Å². The first-order chi connectivity index (χ1) is 16.0. The summed E-state index contributed by atoms with van der Waals surface area (Å²) in [5, 5.41) is 3.35. The summed E-state index contributed by atoms with van der Waals surface area (Å²) < 4.78 is 0. The van der Waals surface area contributed by atoms with Gasteiger partial charge in [-0.05, 0) is 31.9 Å². The SMILES string of the molecule is Cc1ccc(-c2cc(C(=O)NNC(=O)CNC(=O)C3CCCCC3)c3ccccc3n2)cc1. The summed E-state index contributed by atoms with van der Waals surface area (Å²) in [6.45, 7) is 1.83. The number of hydrogen-bond donors (Lipinski definition) is 3. The van der Waals surface area contributed by atoms with Crippen molar-refractivity contribution in [2.45, 2.75) is 39.0 Å². The smallest absolute Gasteiger partial charge is 0.270 e. The van der Waals surface area contributed by atoms with Crippen molar-refractivity contribution in [3.63, 3.8) is 0 Å². The molecule has 0 bridgehead atoms. The summed E-state index contributed by atoms with van der Waals surface area (Å²) in [4.78, 5) is 42.1. The molecule has 0 saturated heterocycles. The minimum Gasteiger partial charge on any atom is -0.347 e. The summed E-state index contributed by atoms with van der Waals surface area (Å²) in [6, 6.07) is 17.0. The number of amides is 3. The van der Waals surface area contributed by atoms with E-state index in [1.54, 1.807) is 6.07 Å². The van der Waals surface area contributed by atoms with Gasteiger partial charge in [-0.15, -0.1) is 0 Å². The molecule has 1 aliphatic carbocycles. The molecule has 3 aromatic rings. The van der Waals surface area contributed by atoms with Crippen LogP contribution in [0.5, 0.6) is 0 Å². The number of aryl methyl sites for hydroxylation is 1. The maximum Gasteiger partial charge on any atom is 0.270 e. The largest absolute Gasteiger partial charge is 0.347 e. The van der Waals surface area contributed by atoms with E-state index >= 15 is 0 Å². The molecular weight excluding hydrogens is 416 g/mol. The lowest BCUT2D eigenvalue weighted by Crippen LogP contribution is -2.47. The molecule has 33 heavy (non-hydrogen) atoms. The minimum atomic E-state index is -0.482. The van der Waals surface area contributed by atoms with Gasteiger partial charge in [0.2, 0.25) is 5.91 Å². The first-order valence-electron chi connectivity index (χ1n) is 11.3. The number of carbonyl (C=O) groups excluding carboxylic acids is 3. The molecule has 1 saturated carbocycles. The molecule has 4 rings (SSSR count). The average Bonchev–Trinajstić information content (AvgIpc) is 2.86. The van der Waals surface area contributed by atoms with Crippen LogP contribution < -0.4 is 16.2 Å². The Hall–Kier alpha value is -3.74. The van der Waals surface area contributed by atoms with Crippen LogP contribution in [0.15, 0.2) is 54.6 Å². The molecule has 3 N–H and O–H groups in total. The maximum absolute atomic E-state index is 12.9. The van der Waals surface area contributed by atoms with Gasteiger partial charge < -0.3 is 5.32 Å². The molecule has 1 heterocycles. The minimum absolute atomic E-state index is 0.0236. The first kappa shape index (κ1) is 22.5. The Morgan fingerprint density at radius 3 is 2.42 bits per heavy atom. The number of fused-ring (bicyclic) bond motifs is 1. The topological polar surface area (TPSA) is 100 Å². The third kappa shape index (κ3) is 5.55. The highest BCUT2D eigenvalue weighted by Gasteiger charge is 2.21. The van der Waals surface area contributed by atoms with Crippen molar-refractivity contribution in [3.8, 4) is 11.3 Å². The molecule has 170 valence electrons. The molecule has 0 aliphatic heterocycles. The predicted molar refractivity (Wildman–Crippen MR) is 127 cm³/mol. The van der Waals surface area contributed by atoms with Gasteiger partial charge in [0.1, 0.15) is 0 Å². The molecule has 2 aromatic carbocycles. The van der Waals surface area contributed by atoms with Crippen LogP contribution in [0.25, 0.3) is 22.2 Å². The lowest BCUT2D eigenvalue weighted by molar-refractivity contribution is -0.129. The molecule has 0 unspecified atom stereocenters. The Labute approximate surface area is 193 Å². The number of para-hydroxylation sites is 1. The molecule has 0 radical (unpaired) electrons. The third-order valence-corrected chi connectivity index (χ3v) is 6.02. The average molecular weight is 445 g/mol. The number of carbonyl (C=O) groups is 3. The van der Waals surface area contributed by atoms with Crippen LogP contribution in [-0.4, -0.2) is 29.3 Å². The van der Waals surface area contributed by atoms with Crippen LogP contribution in [0.3, 0.4) is 0 Å². The fraction of sp³-hybridized carbons (Fsp3) is 0.308. The van der Waals surface area contributed by atoms with Crippen molar-refractivity contribution in [2.75, 3.05) is 6.54 Å². The van der Waals surface area contributed by atoms with Crippen LogP contribution in [0, 0.1) is 12.8 Å². The zero-order valence-corrected chi connectivity index (χ0v) is 18.7. The van der Waals surface area contributed by atoms with Gasteiger partial charge in [-0.25, -0.2) is 4.98 Å². The van der Waals surface area contributed by atoms with Gasteiger partial charge in [0, 0.05) is 16.9 Å². The van der Waals surface area contributed by atoms with Crippen LogP contribution in [0.2, 0.25) is 0 Å². The Kier molecular flexibility index (Phi) is 6.98. The second-order valence-corrected chi connectivity index (χ2v) is 8.49. The summed E-state index contributed by atoms with van der Waals surface area (Å²) in [5.74, 6) is -1.05. The zero-order chi connectivity index (χ0) is 23.2. The molecule has 0 spiro atoms. The molecule has 7 heteroatoms. The Morgan fingerprint density at radius 2 is 1.67 bits per heavy atom. The fourth-order valence-electron chi connectivity index (χ4n) is 4.15. The van der Waals surface area contributed by atoms with E-state index in [1.807, 2.05) is 55.5 Å². The monoisotopic (exact) mass is 444 g/mol. The van der Waals surface area contributed by atoms with Crippen molar-refractivity contribution < 1.29 is 14.4 Å². The van der Waals surface area contributed by atoms with Gasteiger partial charge in [0.25, 0.3) is 11.8 Å². The molecule has 0 atom stereocenters. The number of benzene rings is 2. The number of hydrazine groups is 1. The van der Waals surface area contributed by atoms with E-state index in [9.17, 15) is 14.4 Å². The third-order valence-electron chi connectivity index (χ3n) is 6.02. The lowest BCUT2D eigenvalue weighted by Gasteiger charge is -2.20. The number of nitrogens with one attached hydrogen (secondary N) is 3. The standard InChI is InChI=1S/C26H28N4O3/c1-17-11-13-18(14-12-17)23-15-21(20-9-5-6-10-22(20)28-23)26(33)30-29-24(31)16-27-25(32)19-7-3-2-4-8-19/h5-6,9-15,19H,2-4,7-8,16H2,1H3,(H,27,32)(H,29,31)(H,30,33). The van der Waals surface area contributed by atoms with Crippen molar-refractivity contribution in [2.24, 2.45) is 5.92 Å². The normalized spacial score (nSPS) is 14.0. The first-order valence-corrected chi connectivity index (χ1v) is 11.3. The van der Waals surface area contributed by atoms with E-state index < -0.39 is 11.8 Å². The van der Waals surface area contributed by atoms with Crippen molar-refractivity contribution in [3.05, 3.63) is 65.7 Å². The highest BCUT2D eigenvalue weighted by molar-refractivity contribution is 6.07. The van der Waals surface area contributed by atoms with Gasteiger partial charge in [-0.2, -0.15) is 0 Å². The lowest BCUT2D eigenvalue weighted by atomic mass is 9.89. The fourth-order valence-corrected chi connectivity index (χ4v) is 4.15. The molecule has 3 amide bonds. The molecule has 7 nitrogen and oxygen atoms in total. The number of rotatable bonds is 5. The molecule has 1 fully saturated rings. The summed E-state index contributed by atoms with van der Waals surface area (Å²) in [6.07, 6.45) is 4.98. The van der Waals surface area contributed by atoms with E-state index in [2.05, 4.69) is 16.2 Å². The Bertz CT molecular complexity index is 1170. The number of hydrogen-bond acceptors (Lipinski definition) is 4. The van der Waals surface area contributed by atoms with E-state index in [4.69, 9.17) is 4.98 Å². The molecule has 1 aliphatic rings. The van der Waals surface area contributed by atoms with Gasteiger partial charge >= 0.3 is 0 Å².